The number of nitrogens with two attached hydrogens (primary N) is 1. The molecule has 0 aliphatic rings. The van der Waals surface area contributed by atoms with E-state index >= 15 is 0 Å². The number of nitrogen functional groups attached to an aromatic ring is 1. The molecule has 4 aromatic rings. The normalized spacial score (nSPS) is 13.0. The van der Waals surface area contributed by atoms with Crippen LogP contribution in [-0.2, 0) is 13.0 Å². The monoisotopic (exact) mass is 470 g/mol. The second kappa shape index (κ2) is 9.05. The van der Waals surface area contributed by atoms with Gasteiger partial charge in [0.25, 0.3) is 0 Å². The van der Waals surface area contributed by atoms with Crippen LogP contribution in [0.1, 0.15) is 33.0 Å². The van der Waals surface area contributed by atoms with Gasteiger partial charge in [-0.25, -0.2) is 14.4 Å². The predicted molar refractivity (Wildman–Crippen MR) is 128 cm³/mol. The smallest absolute Gasteiger partial charge is 0.223 e. The fourth-order valence-electron chi connectivity index (χ4n) is 4.04. The lowest BCUT2D eigenvalue weighted by Crippen LogP contribution is -2.26. The van der Waals surface area contributed by atoms with E-state index < -0.39 is 11.4 Å². The van der Waals surface area contributed by atoms with E-state index in [1.165, 1.54) is 23.8 Å². The number of aryl methyl sites for hydroxylation is 1. The minimum Gasteiger partial charge on any atom is -0.494 e. The van der Waals surface area contributed by atoms with Crippen molar-refractivity contribution >= 4 is 28.2 Å². The van der Waals surface area contributed by atoms with E-state index in [2.05, 4.69) is 32.0 Å². The standard InChI is InChI=1S/C23H31FN8O2/c1-14(11-30(4)16-10-26-31(12-16)13-23(2,3)33)6-7-19-27-21-17-8-15(24)9-18(34-5)20(17)28-22(25)32(21)29-19/h8-10,12,14,33H,6-7,11,13H2,1-5H3,(H2,25,28). The topological polar surface area (TPSA) is 120 Å². The summed E-state index contributed by atoms with van der Waals surface area (Å²) in [6, 6.07) is 2.64. The number of methoxy groups -OCH3 is 1. The molecule has 3 N–H and O–H groups in total. The number of fused-ring (bicyclic) bond motifs is 3. The molecular formula is C23H31FN8O2. The molecule has 3 heterocycles. The van der Waals surface area contributed by atoms with E-state index in [1.54, 1.807) is 24.7 Å². The van der Waals surface area contributed by atoms with Crippen molar-refractivity contribution in [1.82, 2.24) is 29.4 Å². The maximum atomic E-state index is 14.1. The Bertz CT molecular complexity index is 1310. The molecule has 0 saturated heterocycles. The second-order valence-electron chi connectivity index (χ2n) is 9.47. The van der Waals surface area contributed by atoms with Gasteiger partial charge in [-0.1, -0.05) is 6.92 Å². The van der Waals surface area contributed by atoms with Crippen molar-refractivity contribution in [1.29, 1.82) is 0 Å². The SMILES string of the molecule is COc1cc(F)cc2c1nc(N)n1nc(CCC(C)CN(C)c3cnn(CC(C)(C)O)c3)nc21. The molecule has 182 valence electrons. The van der Waals surface area contributed by atoms with Crippen LogP contribution in [0.15, 0.2) is 24.5 Å². The van der Waals surface area contributed by atoms with Gasteiger partial charge in [0, 0.05) is 32.3 Å². The van der Waals surface area contributed by atoms with Gasteiger partial charge in [0.2, 0.25) is 5.95 Å². The third-order valence-corrected chi connectivity index (χ3v) is 5.65. The fraction of sp³-hybridized carbons (Fsp3) is 0.478. The first kappa shape index (κ1) is 23.7. The Morgan fingerprint density at radius 1 is 1.29 bits per heavy atom. The van der Waals surface area contributed by atoms with Gasteiger partial charge in [-0.05, 0) is 32.3 Å². The van der Waals surface area contributed by atoms with Gasteiger partial charge in [-0.15, -0.1) is 5.10 Å². The summed E-state index contributed by atoms with van der Waals surface area (Å²) in [5.41, 5.74) is 7.17. The van der Waals surface area contributed by atoms with E-state index in [1.807, 2.05) is 13.2 Å². The number of anilines is 2. The molecule has 3 aromatic heterocycles. The number of ether oxygens (including phenoxy) is 1. The van der Waals surface area contributed by atoms with Gasteiger partial charge < -0.3 is 20.5 Å². The largest absolute Gasteiger partial charge is 0.494 e. The van der Waals surface area contributed by atoms with E-state index in [0.29, 0.717) is 47.0 Å². The van der Waals surface area contributed by atoms with Crippen LogP contribution in [-0.4, -0.2) is 60.8 Å². The van der Waals surface area contributed by atoms with Crippen molar-refractivity contribution in [2.45, 2.75) is 45.8 Å². The summed E-state index contributed by atoms with van der Waals surface area (Å²) < 4.78 is 22.6. The maximum absolute atomic E-state index is 14.1. The van der Waals surface area contributed by atoms with Crippen molar-refractivity contribution in [3.8, 4) is 5.75 Å². The molecule has 1 aromatic carbocycles. The van der Waals surface area contributed by atoms with E-state index in [4.69, 9.17) is 10.5 Å². The van der Waals surface area contributed by atoms with Crippen LogP contribution in [0.5, 0.6) is 5.75 Å². The zero-order valence-electron chi connectivity index (χ0n) is 20.2. The average molecular weight is 471 g/mol. The van der Waals surface area contributed by atoms with E-state index in [9.17, 15) is 9.50 Å². The highest BCUT2D eigenvalue weighted by molar-refractivity contribution is 5.95. The van der Waals surface area contributed by atoms with Gasteiger partial charge in [0.05, 0.1) is 36.5 Å². The maximum Gasteiger partial charge on any atom is 0.223 e. The molecule has 0 aliphatic carbocycles. The predicted octanol–water partition coefficient (Wildman–Crippen LogP) is 2.68. The minimum absolute atomic E-state index is 0.169. The first-order valence-corrected chi connectivity index (χ1v) is 11.2. The summed E-state index contributed by atoms with van der Waals surface area (Å²) in [6.45, 7) is 6.92. The Balaban J connectivity index is 1.45. The van der Waals surface area contributed by atoms with Crippen LogP contribution in [0.2, 0.25) is 0 Å². The van der Waals surface area contributed by atoms with Gasteiger partial charge >= 0.3 is 0 Å². The lowest BCUT2D eigenvalue weighted by molar-refractivity contribution is 0.0577. The number of nitrogens with zero attached hydrogens (tertiary/aromatic N) is 7. The molecule has 4 rings (SSSR count). The summed E-state index contributed by atoms with van der Waals surface area (Å²) in [6.07, 6.45) is 5.23. The molecule has 0 saturated carbocycles. The zero-order chi connectivity index (χ0) is 24.6. The number of rotatable bonds is 9. The Hall–Kier alpha value is -3.47. The summed E-state index contributed by atoms with van der Waals surface area (Å²) in [5, 5.41) is 19.3. The summed E-state index contributed by atoms with van der Waals surface area (Å²) in [5.74, 6) is 0.999. The van der Waals surface area contributed by atoms with Crippen molar-refractivity contribution in [2.24, 2.45) is 5.92 Å². The zero-order valence-corrected chi connectivity index (χ0v) is 20.2. The molecule has 0 fully saturated rings. The number of aromatic nitrogens is 6. The summed E-state index contributed by atoms with van der Waals surface area (Å²) in [7, 11) is 3.48. The molecule has 0 radical (unpaired) electrons. The van der Waals surface area contributed by atoms with Gasteiger partial charge in [-0.3, -0.25) is 4.68 Å². The van der Waals surface area contributed by atoms with Crippen LogP contribution >= 0.6 is 0 Å². The molecular weight excluding hydrogens is 439 g/mol. The van der Waals surface area contributed by atoms with Crippen molar-refractivity contribution < 1.29 is 14.2 Å². The number of halogens is 1. The number of hydrogen-bond donors (Lipinski definition) is 2. The lowest BCUT2D eigenvalue weighted by Gasteiger charge is -2.21. The van der Waals surface area contributed by atoms with Crippen molar-refractivity contribution in [3.63, 3.8) is 0 Å². The molecule has 0 spiro atoms. The van der Waals surface area contributed by atoms with Crippen molar-refractivity contribution in [3.05, 3.63) is 36.2 Å². The number of benzene rings is 1. The molecule has 10 nitrogen and oxygen atoms in total. The highest BCUT2D eigenvalue weighted by Crippen LogP contribution is 2.29. The van der Waals surface area contributed by atoms with Gasteiger partial charge in [0.15, 0.2) is 11.5 Å². The Kier molecular flexibility index (Phi) is 6.30. The Morgan fingerprint density at radius 3 is 2.76 bits per heavy atom. The average Bonchev–Trinajstić information content (AvgIpc) is 3.39. The van der Waals surface area contributed by atoms with Crippen molar-refractivity contribution in [2.75, 3.05) is 31.3 Å². The minimum atomic E-state index is -0.822. The summed E-state index contributed by atoms with van der Waals surface area (Å²) in [4.78, 5) is 11.1. The molecule has 0 amide bonds. The second-order valence-corrected chi connectivity index (χ2v) is 9.47. The number of hydrogen-bond acceptors (Lipinski definition) is 8. The lowest BCUT2D eigenvalue weighted by atomic mass is 10.0. The highest BCUT2D eigenvalue weighted by Gasteiger charge is 2.18. The first-order chi connectivity index (χ1) is 16.0. The Morgan fingerprint density at radius 2 is 2.06 bits per heavy atom. The molecule has 11 heteroatoms. The van der Waals surface area contributed by atoms with E-state index in [-0.39, 0.29) is 5.95 Å². The molecule has 0 bridgehead atoms. The molecule has 34 heavy (non-hydrogen) atoms. The highest BCUT2D eigenvalue weighted by atomic mass is 19.1. The van der Waals surface area contributed by atoms with E-state index in [0.717, 1.165) is 18.7 Å². The third kappa shape index (κ3) is 5.04. The van der Waals surface area contributed by atoms with Crippen LogP contribution in [0.25, 0.3) is 16.6 Å². The number of aliphatic hydroxyl groups is 1. The van der Waals surface area contributed by atoms with Crippen LogP contribution in [0, 0.1) is 11.7 Å². The summed E-state index contributed by atoms with van der Waals surface area (Å²) >= 11 is 0. The first-order valence-electron chi connectivity index (χ1n) is 11.2. The molecule has 1 unspecified atom stereocenters. The van der Waals surface area contributed by atoms with Crippen LogP contribution < -0.4 is 15.4 Å². The third-order valence-electron chi connectivity index (χ3n) is 5.65. The Labute approximate surface area is 197 Å². The quantitative estimate of drug-likeness (QED) is 0.383. The van der Waals surface area contributed by atoms with Gasteiger partial charge in [0.1, 0.15) is 17.1 Å². The van der Waals surface area contributed by atoms with Crippen LogP contribution in [0.3, 0.4) is 0 Å². The molecule has 1 atom stereocenters. The fourth-order valence-corrected chi connectivity index (χ4v) is 4.04. The molecule has 0 aliphatic heterocycles. The van der Waals surface area contributed by atoms with Crippen LogP contribution in [0.4, 0.5) is 16.0 Å². The van der Waals surface area contributed by atoms with Gasteiger partial charge in [-0.2, -0.15) is 9.61 Å².